The molecule has 0 aromatic heterocycles. The number of rotatable bonds is 0. The van der Waals surface area contributed by atoms with E-state index in [4.69, 9.17) is 11.7 Å². The van der Waals surface area contributed by atoms with Gasteiger partial charge in [-0.15, -0.1) is 0 Å². The first-order valence-corrected chi connectivity index (χ1v) is 3.35. The maximum atomic E-state index is 5.59. The molecule has 0 amide bonds. The lowest BCUT2D eigenvalue weighted by Crippen LogP contribution is -2.37. The molecule has 0 aromatic carbocycles. The van der Waals surface area contributed by atoms with E-state index in [0.717, 1.165) is 0 Å². The van der Waals surface area contributed by atoms with Gasteiger partial charge < -0.3 is 0 Å². The van der Waals surface area contributed by atoms with Crippen LogP contribution in [0, 0.1) is 0 Å². The minimum Gasteiger partial charge on any atom is -0.280 e. The fourth-order valence-corrected chi connectivity index (χ4v) is 0.957. The predicted molar refractivity (Wildman–Crippen MR) is 45.2 cm³/mol. The molecule has 0 aliphatic carbocycles. The quantitative estimate of drug-likeness (QED) is 0.455. The zero-order valence-corrected chi connectivity index (χ0v) is 6.25. The molecule has 12 heavy (non-hydrogen) atoms. The Morgan fingerprint density at radius 2 is 2.17 bits per heavy atom. The summed E-state index contributed by atoms with van der Waals surface area (Å²) in [7, 11) is 0. The van der Waals surface area contributed by atoms with Gasteiger partial charge >= 0.3 is 0 Å². The van der Waals surface area contributed by atoms with Gasteiger partial charge in [0.1, 0.15) is 12.0 Å². The van der Waals surface area contributed by atoms with Crippen molar-refractivity contribution in [2.24, 2.45) is 21.7 Å². The summed E-state index contributed by atoms with van der Waals surface area (Å²) in [6.07, 6.45) is 6.32. The Morgan fingerprint density at radius 3 is 3.00 bits per heavy atom. The summed E-state index contributed by atoms with van der Waals surface area (Å²) >= 11 is 0. The van der Waals surface area contributed by atoms with E-state index in [1.165, 1.54) is 16.4 Å². The van der Waals surface area contributed by atoms with Gasteiger partial charge in [0.2, 0.25) is 0 Å². The molecule has 6 nitrogen and oxygen atoms in total. The molecule has 2 heterocycles. The van der Waals surface area contributed by atoms with E-state index in [9.17, 15) is 0 Å². The lowest BCUT2D eigenvalue weighted by molar-refractivity contribution is 0.482. The molecule has 0 saturated heterocycles. The van der Waals surface area contributed by atoms with Crippen LogP contribution in [-0.4, -0.2) is 22.2 Å². The minimum atomic E-state index is 0.571. The lowest BCUT2D eigenvalue weighted by atomic mass is 10.3. The highest BCUT2D eigenvalue weighted by atomic mass is 15.5. The minimum absolute atomic E-state index is 0.571. The average Bonchev–Trinajstić information content (AvgIpc) is 2.07. The van der Waals surface area contributed by atoms with Gasteiger partial charge in [-0.2, -0.15) is 0 Å². The van der Waals surface area contributed by atoms with E-state index >= 15 is 0 Å². The first kappa shape index (κ1) is 7.01. The monoisotopic (exact) mass is 164 g/mol. The molecule has 2 aliphatic rings. The summed E-state index contributed by atoms with van der Waals surface area (Å²) in [4.78, 5) is 7.97. The molecule has 6 heteroatoms. The molecule has 0 unspecified atom stereocenters. The molecular formula is C6H8N6. The zero-order chi connectivity index (χ0) is 8.55. The maximum Gasteiger partial charge on any atom is 0.180 e. The second kappa shape index (κ2) is 2.43. The Hall–Kier alpha value is -1.66. The average molecular weight is 164 g/mol. The number of fused-ring (bicyclic) bond motifs is 1. The smallest absolute Gasteiger partial charge is 0.180 e. The number of hydrazine groups is 2. The molecule has 62 valence electrons. The van der Waals surface area contributed by atoms with Crippen molar-refractivity contribution in [1.82, 2.24) is 10.0 Å². The zero-order valence-electron chi connectivity index (χ0n) is 6.25. The van der Waals surface area contributed by atoms with Crippen molar-refractivity contribution in [1.29, 1.82) is 0 Å². The molecule has 0 radical (unpaired) electrons. The van der Waals surface area contributed by atoms with Crippen LogP contribution in [0.4, 0.5) is 0 Å². The van der Waals surface area contributed by atoms with Crippen LogP contribution in [0.2, 0.25) is 0 Å². The second-order valence-electron chi connectivity index (χ2n) is 2.36. The van der Waals surface area contributed by atoms with Gasteiger partial charge in [0, 0.05) is 12.4 Å². The summed E-state index contributed by atoms with van der Waals surface area (Å²) < 4.78 is 0. The number of nitrogens with two attached hydrogens (primary N) is 2. The van der Waals surface area contributed by atoms with Gasteiger partial charge in [-0.05, 0) is 0 Å². The van der Waals surface area contributed by atoms with Crippen LogP contribution in [0.15, 0.2) is 34.3 Å². The lowest BCUT2D eigenvalue weighted by Gasteiger charge is -2.24. The molecule has 0 bridgehead atoms. The third-order valence-corrected chi connectivity index (χ3v) is 1.52. The number of amidine groups is 1. The maximum absolute atomic E-state index is 5.59. The van der Waals surface area contributed by atoms with E-state index in [1.54, 1.807) is 18.6 Å². The Labute approximate surface area is 69.1 Å². The third-order valence-electron chi connectivity index (χ3n) is 1.52. The Morgan fingerprint density at radius 1 is 1.33 bits per heavy atom. The SMILES string of the molecule is NN1C=NC2=NC=CN(N)C2=C1. The van der Waals surface area contributed by atoms with Gasteiger partial charge in [0.25, 0.3) is 0 Å². The van der Waals surface area contributed by atoms with Gasteiger partial charge in [0.15, 0.2) is 5.84 Å². The Bertz CT molecular complexity index is 312. The first-order valence-electron chi connectivity index (χ1n) is 3.35. The summed E-state index contributed by atoms with van der Waals surface area (Å²) in [6.45, 7) is 0. The van der Waals surface area contributed by atoms with Crippen molar-refractivity contribution in [3.05, 3.63) is 24.3 Å². The van der Waals surface area contributed by atoms with Crippen LogP contribution < -0.4 is 11.7 Å². The summed E-state index contributed by atoms with van der Waals surface area (Å²) in [5.74, 6) is 11.6. The highest BCUT2D eigenvalue weighted by molar-refractivity contribution is 6.04. The van der Waals surface area contributed by atoms with Crippen LogP contribution in [0.5, 0.6) is 0 Å². The van der Waals surface area contributed by atoms with Crippen molar-refractivity contribution in [2.75, 3.05) is 0 Å². The van der Waals surface area contributed by atoms with Crippen molar-refractivity contribution in [3.63, 3.8) is 0 Å². The number of hydrogen-bond donors (Lipinski definition) is 2. The van der Waals surface area contributed by atoms with Gasteiger partial charge in [0.05, 0.1) is 6.20 Å². The van der Waals surface area contributed by atoms with Crippen LogP contribution in [0.25, 0.3) is 0 Å². The number of hydrogen-bond acceptors (Lipinski definition) is 6. The van der Waals surface area contributed by atoms with Gasteiger partial charge in [-0.3, -0.25) is 10.0 Å². The fourth-order valence-electron chi connectivity index (χ4n) is 0.957. The molecule has 2 rings (SSSR count). The van der Waals surface area contributed by atoms with Crippen molar-refractivity contribution in [2.45, 2.75) is 0 Å². The molecular weight excluding hydrogens is 156 g/mol. The highest BCUT2D eigenvalue weighted by Gasteiger charge is 2.16. The molecule has 0 spiro atoms. The normalized spacial score (nSPS) is 20.5. The van der Waals surface area contributed by atoms with E-state index < -0.39 is 0 Å². The largest absolute Gasteiger partial charge is 0.280 e. The van der Waals surface area contributed by atoms with E-state index in [1.807, 2.05) is 0 Å². The predicted octanol–water partition coefficient (Wildman–Crippen LogP) is -0.896. The van der Waals surface area contributed by atoms with E-state index in [2.05, 4.69) is 9.98 Å². The fraction of sp³-hybridized carbons (Fsp3) is 0. The molecule has 2 aliphatic heterocycles. The van der Waals surface area contributed by atoms with Gasteiger partial charge in [-0.25, -0.2) is 21.7 Å². The van der Waals surface area contributed by atoms with Crippen LogP contribution in [0.1, 0.15) is 0 Å². The second-order valence-corrected chi connectivity index (χ2v) is 2.36. The summed E-state index contributed by atoms with van der Waals surface area (Å²) in [5, 5.41) is 2.74. The molecule has 0 saturated carbocycles. The van der Waals surface area contributed by atoms with Crippen molar-refractivity contribution in [3.8, 4) is 0 Å². The highest BCUT2D eigenvalue weighted by Crippen LogP contribution is 2.12. The van der Waals surface area contributed by atoms with Crippen LogP contribution >= 0.6 is 0 Å². The van der Waals surface area contributed by atoms with E-state index in [-0.39, 0.29) is 0 Å². The van der Waals surface area contributed by atoms with Crippen LogP contribution in [0.3, 0.4) is 0 Å². The molecule has 0 atom stereocenters. The van der Waals surface area contributed by atoms with Crippen LogP contribution in [-0.2, 0) is 0 Å². The first-order chi connectivity index (χ1) is 5.77. The van der Waals surface area contributed by atoms with Crippen molar-refractivity contribution < 1.29 is 0 Å². The number of nitrogens with zero attached hydrogens (tertiary/aromatic N) is 4. The Balaban J connectivity index is 2.40. The molecule has 4 N–H and O–H groups in total. The van der Waals surface area contributed by atoms with Crippen molar-refractivity contribution >= 4 is 12.2 Å². The summed E-state index contributed by atoms with van der Waals surface area (Å²) in [5.41, 5.74) is 0.683. The third kappa shape index (κ3) is 0.987. The number of aliphatic imine (C=N–C) groups is 2. The topological polar surface area (TPSA) is 83.2 Å². The molecule has 0 fully saturated rings. The Kier molecular flexibility index (Phi) is 1.42. The molecule has 0 aromatic rings. The summed E-state index contributed by atoms with van der Waals surface area (Å²) in [6, 6.07) is 0. The van der Waals surface area contributed by atoms with Gasteiger partial charge in [-0.1, -0.05) is 0 Å². The van der Waals surface area contributed by atoms with E-state index in [0.29, 0.717) is 11.5 Å². The standard InChI is InChI=1S/C6H8N6/c7-11-3-5-6(10-4-11)9-1-2-12(5)8/h1-4H,7-8H2.